The number of aryl methyl sites for hydroxylation is 1. The van der Waals surface area contributed by atoms with E-state index in [1.54, 1.807) is 0 Å². The zero-order valence-electron chi connectivity index (χ0n) is 17.1. The highest BCUT2D eigenvalue weighted by atomic mass is 19.1. The summed E-state index contributed by atoms with van der Waals surface area (Å²) in [5, 5.41) is 3.06. The Morgan fingerprint density at radius 3 is 2.42 bits per heavy atom. The SMILES string of the molecule is Cc1cc(N2CCN(C3COC3)CC2)cc(Nc2ncc(-c3cc(F)cc(F)c3)o2)n1. The molecule has 0 unspecified atom stereocenters. The van der Waals surface area contributed by atoms with Crippen molar-refractivity contribution in [3.63, 3.8) is 0 Å². The summed E-state index contributed by atoms with van der Waals surface area (Å²) in [5.74, 6) is -0.472. The Morgan fingerprint density at radius 1 is 1.00 bits per heavy atom. The van der Waals surface area contributed by atoms with Gasteiger partial charge in [-0.3, -0.25) is 10.2 Å². The molecule has 1 N–H and O–H groups in total. The number of pyridine rings is 1. The molecule has 0 aliphatic carbocycles. The van der Waals surface area contributed by atoms with E-state index in [9.17, 15) is 8.78 Å². The van der Waals surface area contributed by atoms with Crippen LogP contribution in [-0.4, -0.2) is 60.3 Å². The molecule has 7 nitrogen and oxygen atoms in total. The second-order valence-electron chi connectivity index (χ2n) is 7.88. The molecule has 2 aliphatic rings. The van der Waals surface area contributed by atoms with Crippen LogP contribution in [0.25, 0.3) is 11.3 Å². The number of benzene rings is 1. The highest BCUT2D eigenvalue weighted by Gasteiger charge is 2.29. The van der Waals surface area contributed by atoms with Crippen LogP contribution in [0.4, 0.5) is 26.3 Å². The topological polar surface area (TPSA) is 66.7 Å². The number of halogens is 2. The number of hydrogen-bond donors (Lipinski definition) is 1. The van der Waals surface area contributed by atoms with E-state index in [1.165, 1.54) is 18.3 Å². The minimum atomic E-state index is -0.671. The molecule has 0 saturated carbocycles. The summed E-state index contributed by atoms with van der Waals surface area (Å²) in [4.78, 5) is 13.5. The molecule has 2 aromatic heterocycles. The Morgan fingerprint density at radius 2 is 1.74 bits per heavy atom. The van der Waals surface area contributed by atoms with Crippen molar-refractivity contribution in [3.8, 4) is 11.3 Å². The average molecular weight is 427 g/mol. The zero-order valence-corrected chi connectivity index (χ0v) is 17.1. The van der Waals surface area contributed by atoms with Gasteiger partial charge in [-0.25, -0.2) is 18.7 Å². The van der Waals surface area contributed by atoms with Gasteiger partial charge in [-0.15, -0.1) is 0 Å². The van der Waals surface area contributed by atoms with Crippen molar-refractivity contribution in [3.05, 3.63) is 53.9 Å². The van der Waals surface area contributed by atoms with E-state index in [0.29, 0.717) is 11.9 Å². The van der Waals surface area contributed by atoms with Crippen molar-refractivity contribution in [2.45, 2.75) is 13.0 Å². The number of nitrogens with zero attached hydrogens (tertiary/aromatic N) is 4. The first-order valence-electron chi connectivity index (χ1n) is 10.3. The Kier molecular flexibility index (Phi) is 5.29. The van der Waals surface area contributed by atoms with Crippen LogP contribution < -0.4 is 10.2 Å². The lowest BCUT2D eigenvalue weighted by molar-refractivity contribution is -0.0660. The third kappa shape index (κ3) is 4.38. The van der Waals surface area contributed by atoms with Gasteiger partial charge in [0.1, 0.15) is 17.5 Å². The monoisotopic (exact) mass is 427 g/mol. The largest absolute Gasteiger partial charge is 0.423 e. The molecule has 2 saturated heterocycles. The lowest BCUT2D eigenvalue weighted by Gasteiger charge is -2.43. The molecule has 9 heteroatoms. The fraction of sp³-hybridized carbons (Fsp3) is 0.364. The number of anilines is 3. The molecule has 162 valence electrons. The van der Waals surface area contributed by atoms with E-state index in [0.717, 1.165) is 56.8 Å². The van der Waals surface area contributed by atoms with Gasteiger partial charge in [-0.2, -0.15) is 0 Å². The fourth-order valence-electron chi connectivity index (χ4n) is 3.95. The number of nitrogens with one attached hydrogen (secondary N) is 1. The molecule has 0 amide bonds. The molecule has 2 aliphatic heterocycles. The summed E-state index contributed by atoms with van der Waals surface area (Å²) in [5.41, 5.74) is 2.23. The second kappa shape index (κ2) is 8.24. The van der Waals surface area contributed by atoms with Gasteiger partial charge >= 0.3 is 6.01 Å². The smallest absolute Gasteiger partial charge is 0.300 e. The number of oxazole rings is 1. The first-order valence-corrected chi connectivity index (χ1v) is 10.3. The average Bonchev–Trinajstić information content (AvgIpc) is 3.14. The Balaban J connectivity index is 1.29. The van der Waals surface area contributed by atoms with Crippen molar-refractivity contribution in [2.75, 3.05) is 49.6 Å². The van der Waals surface area contributed by atoms with Gasteiger partial charge in [0.2, 0.25) is 0 Å². The second-order valence-corrected chi connectivity index (χ2v) is 7.88. The highest BCUT2D eigenvalue weighted by molar-refractivity contribution is 5.61. The van der Waals surface area contributed by atoms with E-state index in [2.05, 4.69) is 31.2 Å². The van der Waals surface area contributed by atoms with Crippen LogP contribution >= 0.6 is 0 Å². The van der Waals surface area contributed by atoms with E-state index in [4.69, 9.17) is 9.15 Å². The minimum Gasteiger partial charge on any atom is -0.423 e. The summed E-state index contributed by atoms with van der Waals surface area (Å²) in [6.45, 7) is 7.50. The fourth-order valence-corrected chi connectivity index (χ4v) is 3.95. The first-order chi connectivity index (χ1) is 15.0. The van der Waals surface area contributed by atoms with Gasteiger partial charge in [0, 0.05) is 55.3 Å². The van der Waals surface area contributed by atoms with Gasteiger partial charge in [-0.05, 0) is 25.1 Å². The summed E-state index contributed by atoms with van der Waals surface area (Å²) in [6.07, 6.45) is 1.43. The predicted molar refractivity (Wildman–Crippen MR) is 113 cm³/mol. The van der Waals surface area contributed by atoms with Crippen LogP contribution in [-0.2, 0) is 4.74 Å². The van der Waals surface area contributed by atoms with Crippen molar-refractivity contribution >= 4 is 17.5 Å². The minimum absolute atomic E-state index is 0.207. The third-order valence-corrected chi connectivity index (χ3v) is 5.64. The Labute approximate surface area is 178 Å². The quantitative estimate of drug-likeness (QED) is 0.668. The molecule has 31 heavy (non-hydrogen) atoms. The van der Waals surface area contributed by atoms with Gasteiger partial charge < -0.3 is 14.1 Å². The van der Waals surface area contributed by atoms with Crippen LogP contribution in [0.5, 0.6) is 0 Å². The van der Waals surface area contributed by atoms with Crippen molar-refractivity contribution in [1.29, 1.82) is 0 Å². The molecule has 3 aromatic rings. The van der Waals surface area contributed by atoms with Gasteiger partial charge in [-0.1, -0.05) is 0 Å². The number of aromatic nitrogens is 2. The summed E-state index contributed by atoms with van der Waals surface area (Å²) in [7, 11) is 0. The molecule has 5 rings (SSSR count). The molecule has 0 spiro atoms. The lowest BCUT2D eigenvalue weighted by Crippen LogP contribution is -2.56. The van der Waals surface area contributed by atoms with Crippen LogP contribution in [0, 0.1) is 18.6 Å². The first kappa shape index (κ1) is 19.9. The van der Waals surface area contributed by atoms with Gasteiger partial charge in [0.15, 0.2) is 5.76 Å². The van der Waals surface area contributed by atoms with Gasteiger partial charge in [0.25, 0.3) is 0 Å². The predicted octanol–water partition coefficient (Wildman–Crippen LogP) is 3.59. The standard InChI is InChI=1S/C22H23F2N5O2/c1-14-6-18(28-2-4-29(5-3-28)19-12-30-13-19)10-21(26-14)27-22-25-11-20(31-22)15-7-16(23)9-17(24)8-15/h6-11,19H,2-5,12-13H2,1H3,(H,25,26,27). The zero-order chi connectivity index (χ0) is 21.4. The maximum Gasteiger partial charge on any atom is 0.300 e. The van der Waals surface area contributed by atoms with Crippen molar-refractivity contribution < 1.29 is 17.9 Å². The molecule has 0 radical (unpaired) electrons. The van der Waals surface area contributed by atoms with Crippen LogP contribution in [0.15, 0.2) is 40.9 Å². The number of ether oxygens (including phenoxy) is 1. The molecular weight excluding hydrogens is 404 g/mol. The summed E-state index contributed by atoms with van der Waals surface area (Å²) < 4.78 is 37.9. The van der Waals surface area contributed by atoms with Gasteiger partial charge in [0.05, 0.1) is 25.5 Å². The van der Waals surface area contributed by atoms with E-state index >= 15 is 0 Å². The van der Waals surface area contributed by atoms with Crippen LogP contribution in [0.3, 0.4) is 0 Å². The van der Waals surface area contributed by atoms with E-state index < -0.39 is 11.6 Å². The molecule has 0 atom stereocenters. The maximum absolute atomic E-state index is 13.5. The van der Waals surface area contributed by atoms with Crippen molar-refractivity contribution in [2.24, 2.45) is 0 Å². The van der Waals surface area contributed by atoms with E-state index in [-0.39, 0.29) is 17.3 Å². The number of piperazine rings is 1. The Hall–Kier alpha value is -3.04. The van der Waals surface area contributed by atoms with Crippen molar-refractivity contribution in [1.82, 2.24) is 14.9 Å². The molecule has 4 heterocycles. The molecular formula is C22H23F2N5O2. The lowest BCUT2D eigenvalue weighted by atomic mass is 10.1. The van der Waals surface area contributed by atoms with Crippen LogP contribution in [0.2, 0.25) is 0 Å². The van der Waals surface area contributed by atoms with E-state index in [1.807, 2.05) is 13.0 Å². The maximum atomic E-state index is 13.5. The normalized spacial score (nSPS) is 17.6. The van der Waals surface area contributed by atoms with Crippen LogP contribution in [0.1, 0.15) is 5.69 Å². The molecule has 2 fully saturated rings. The third-order valence-electron chi connectivity index (χ3n) is 5.64. The molecule has 1 aromatic carbocycles. The highest BCUT2D eigenvalue weighted by Crippen LogP contribution is 2.28. The number of rotatable bonds is 5. The number of hydrogen-bond acceptors (Lipinski definition) is 7. The molecule has 0 bridgehead atoms. The Bertz CT molecular complexity index is 1060. The summed E-state index contributed by atoms with van der Waals surface area (Å²) in [6, 6.07) is 8.00. The summed E-state index contributed by atoms with van der Waals surface area (Å²) >= 11 is 0.